The lowest BCUT2D eigenvalue weighted by atomic mass is 10.2. The van der Waals surface area contributed by atoms with Crippen molar-refractivity contribution in [1.29, 1.82) is 0 Å². The number of hydrogen-bond donors (Lipinski definition) is 2. The summed E-state index contributed by atoms with van der Waals surface area (Å²) in [6.45, 7) is 0. The summed E-state index contributed by atoms with van der Waals surface area (Å²) in [5.74, 6) is -0.289. The van der Waals surface area contributed by atoms with Gasteiger partial charge in [0, 0.05) is 23.8 Å². The van der Waals surface area contributed by atoms with Crippen LogP contribution in [-0.4, -0.2) is 10.9 Å². The van der Waals surface area contributed by atoms with Crippen molar-refractivity contribution in [2.75, 3.05) is 11.1 Å². The molecule has 2 aromatic rings. The molecule has 0 unspecified atom stereocenters. The maximum Gasteiger partial charge on any atom is 0.257 e. The molecular weight excluding hydrogens is 238 g/mol. The van der Waals surface area contributed by atoms with Crippen LogP contribution in [0.15, 0.2) is 42.7 Å². The van der Waals surface area contributed by atoms with Crippen molar-refractivity contribution in [3.63, 3.8) is 0 Å². The second-order valence-electron chi connectivity index (χ2n) is 3.44. The molecule has 0 bridgehead atoms. The molecule has 3 N–H and O–H groups in total. The van der Waals surface area contributed by atoms with Gasteiger partial charge in [-0.15, -0.1) is 0 Å². The van der Waals surface area contributed by atoms with Gasteiger partial charge < -0.3 is 11.1 Å². The zero-order valence-electron chi connectivity index (χ0n) is 8.85. The van der Waals surface area contributed by atoms with Crippen LogP contribution < -0.4 is 11.1 Å². The maximum absolute atomic E-state index is 11.9. The Hall–Kier alpha value is -2.07. The van der Waals surface area contributed by atoms with Gasteiger partial charge >= 0.3 is 0 Å². The Morgan fingerprint density at radius 2 is 2.18 bits per heavy atom. The number of aromatic nitrogens is 1. The summed E-state index contributed by atoms with van der Waals surface area (Å²) in [4.78, 5) is 15.7. The minimum Gasteiger partial charge on any atom is -0.399 e. The molecule has 1 heterocycles. The van der Waals surface area contributed by atoms with Crippen LogP contribution in [0.1, 0.15) is 10.4 Å². The first kappa shape index (κ1) is 11.4. The largest absolute Gasteiger partial charge is 0.399 e. The zero-order valence-corrected chi connectivity index (χ0v) is 9.61. The van der Waals surface area contributed by atoms with E-state index in [0.29, 0.717) is 22.0 Å². The van der Waals surface area contributed by atoms with Crippen molar-refractivity contribution in [2.24, 2.45) is 0 Å². The summed E-state index contributed by atoms with van der Waals surface area (Å²) in [7, 11) is 0. The summed E-state index contributed by atoms with van der Waals surface area (Å²) in [5.41, 5.74) is 7.21. The molecule has 0 saturated carbocycles. The molecular formula is C12H10ClN3O. The minimum atomic E-state index is -0.289. The van der Waals surface area contributed by atoms with Gasteiger partial charge in [-0.2, -0.15) is 0 Å². The SMILES string of the molecule is Nc1cccc(NC(=O)c2ccncc2Cl)c1. The van der Waals surface area contributed by atoms with Crippen molar-refractivity contribution >= 4 is 28.9 Å². The molecule has 17 heavy (non-hydrogen) atoms. The third-order valence-electron chi connectivity index (χ3n) is 2.16. The van der Waals surface area contributed by atoms with E-state index >= 15 is 0 Å². The number of nitrogens with one attached hydrogen (secondary N) is 1. The number of nitrogens with zero attached hydrogens (tertiary/aromatic N) is 1. The number of halogens is 1. The van der Waals surface area contributed by atoms with Gasteiger partial charge in [0.05, 0.1) is 10.6 Å². The van der Waals surface area contributed by atoms with E-state index in [1.807, 2.05) is 0 Å². The van der Waals surface area contributed by atoms with E-state index in [0.717, 1.165) is 0 Å². The number of carbonyl (C=O) groups is 1. The zero-order chi connectivity index (χ0) is 12.3. The van der Waals surface area contributed by atoms with E-state index in [4.69, 9.17) is 17.3 Å². The van der Waals surface area contributed by atoms with Crippen LogP contribution in [0.5, 0.6) is 0 Å². The fourth-order valence-corrected chi connectivity index (χ4v) is 1.58. The number of nitrogen functional groups attached to an aromatic ring is 1. The molecule has 0 aliphatic carbocycles. The topological polar surface area (TPSA) is 68.0 Å². The van der Waals surface area contributed by atoms with Crippen molar-refractivity contribution in [2.45, 2.75) is 0 Å². The molecule has 4 nitrogen and oxygen atoms in total. The Morgan fingerprint density at radius 3 is 2.88 bits per heavy atom. The van der Waals surface area contributed by atoms with E-state index in [9.17, 15) is 4.79 Å². The normalized spacial score (nSPS) is 9.94. The van der Waals surface area contributed by atoms with Crippen LogP contribution in [0.2, 0.25) is 5.02 Å². The van der Waals surface area contributed by atoms with Crippen LogP contribution in [0, 0.1) is 0 Å². The first-order chi connectivity index (χ1) is 8.16. The Morgan fingerprint density at radius 1 is 1.35 bits per heavy atom. The number of carbonyl (C=O) groups excluding carboxylic acids is 1. The third kappa shape index (κ3) is 2.73. The third-order valence-corrected chi connectivity index (χ3v) is 2.46. The van der Waals surface area contributed by atoms with E-state index in [-0.39, 0.29) is 5.91 Å². The van der Waals surface area contributed by atoms with Gasteiger partial charge in [-0.3, -0.25) is 9.78 Å². The second kappa shape index (κ2) is 4.84. The predicted octanol–water partition coefficient (Wildman–Crippen LogP) is 2.57. The van der Waals surface area contributed by atoms with Crippen LogP contribution in [0.4, 0.5) is 11.4 Å². The monoisotopic (exact) mass is 247 g/mol. The Balaban J connectivity index is 2.20. The van der Waals surface area contributed by atoms with Crippen molar-refractivity contribution in [3.8, 4) is 0 Å². The number of pyridine rings is 1. The Kier molecular flexibility index (Phi) is 3.25. The molecule has 0 radical (unpaired) electrons. The van der Waals surface area contributed by atoms with E-state index < -0.39 is 0 Å². The maximum atomic E-state index is 11.9. The lowest BCUT2D eigenvalue weighted by Gasteiger charge is -2.06. The predicted molar refractivity (Wildman–Crippen MR) is 68.1 cm³/mol. The quantitative estimate of drug-likeness (QED) is 0.802. The van der Waals surface area contributed by atoms with Crippen LogP contribution in [0.25, 0.3) is 0 Å². The average molecular weight is 248 g/mol. The summed E-state index contributed by atoms with van der Waals surface area (Å²) >= 11 is 5.87. The fourth-order valence-electron chi connectivity index (χ4n) is 1.37. The van der Waals surface area contributed by atoms with Gasteiger partial charge in [0.1, 0.15) is 0 Å². The molecule has 2 rings (SSSR count). The molecule has 1 aromatic heterocycles. The Bertz CT molecular complexity index is 557. The highest BCUT2D eigenvalue weighted by molar-refractivity contribution is 6.34. The number of nitrogens with two attached hydrogens (primary N) is 1. The molecule has 1 aromatic carbocycles. The molecule has 0 atom stereocenters. The van der Waals surface area contributed by atoms with E-state index in [1.165, 1.54) is 12.4 Å². The fraction of sp³-hybridized carbons (Fsp3) is 0. The molecule has 0 saturated heterocycles. The van der Waals surface area contributed by atoms with Gasteiger partial charge in [0.15, 0.2) is 0 Å². The number of amides is 1. The van der Waals surface area contributed by atoms with Gasteiger partial charge in [0.2, 0.25) is 0 Å². The first-order valence-corrected chi connectivity index (χ1v) is 5.31. The number of benzene rings is 1. The van der Waals surface area contributed by atoms with E-state index in [2.05, 4.69) is 10.3 Å². The number of anilines is 2. The first-order valence-electron chi connectivity index (χ1n) is 4.93. The summed E-state index contributed by atoms with van der Waals surface area (Å²) in [5, 5.41) is 3.02. The highest BCUT2D eigenvalue weighted by Crippen LogP contribution is 2.17. The standard InChI is InChI=1S/C12H10ClN3O/c13-11-7-15-5-4-10(11)12(17)16-9-3-1-2-8(14)6-9/h1-7H,14H2,(H,16,17). The average Bonchev–Trinajstić information content (AvgIpc) is 2.29. The molecule has 5 heteroatoms. The highest BCUT2D eigenvalue weighted by atomic mass is 35.5. The minimum absolute atomic E-state index is 0.289. The van der Waals surface area contributed by atoms with Gasteiger partial charge in [-0.1, -0.05) is 17.7 Å². The summed E-state index contributed by atoms with van der Waals surface area (Å²) in [6, 6.07) is 8.49. The molecule has 0 fully saturated rings. The Labute approximate surface area is 103 Å². The van der Waals surface area contributed by atoms with Crippen molar-refractivity contribution in [1.82, 2.24) is 4.98 Å². The molecule has 0 aliphatic heterocycles. The summed E-state index contributed by atoms with van der Waals surface area (Å²) in [6.07, 6.45) is 2.94. The van der Waals surface area contributed by atoms with Gasteiger partial charge in [0.25, 0.3) is 5.91 Å². The van der Waals surface area contributed by atoms with Crippen LogP contribution >= 0.6 is 11.6 Å². The van der Waals surface area contributed by atoms with Gasteiger partial charge in [-0.25, -0.2) is 0 Å². The number of hydrogen-bond acceptors (Lipinski definition) is 3. The molecule has 0 spiro atoms. The lowest BCUT2D eigenvalue weighted by molar-refractivity contribution is 0.102. The lowest BCUT2D eigenvalue weighted by Crippen LogP contribution is -2.12. The smallest absolute Gasteiger partial charge is 0.257 e. The number of rotatable bonds is 2. The van der Waals surface area contributed by atoms with E-state index in [1.54, 1.807) is 30.3 Å². The van der Waals surface area contributed by atoms with Gasteiger partial charge in [-0.05, 0) is 24.3 Å². The highest BCUT2D eigenvalue weighted by Gasteiger charge is 2.09. The molecule has 86 valence electrons. The summed E-state index contributed by atoms with van der Waals surface area (Å²) < 4.78 is 0. The van der Waals surface area contributed by atoms with Crippen LogP contribution in [-0.2, 0) is 0 Å². The second-order valence-corrected chi connectivity index (χ2v) is 3.84. The molecule has 0 aliphatic rings. The van der Waals surface area contributed by atoms with Crippen molar-refractivity contribution in [3.05, 3.63) is 53.3 Å². The van der Waals surface area contributed by atoms with Crippen molar-refractivity contribution < 1.29 is 4.79 Å². The molecule has 1 amide bonds. The van der Waals surface area contributed by atoms with Crippen LogP contribution in [0.3, 0.4) is 0 Å².